The van der Waals surface area contributed by atoms with Crippen LogP contribution in [0.2, 0.25) is 0 Å². The van der Waals surface area contributed by atoms with Gasteiger partial charge in [0.1, 0.15) is 18.3 Å². The highest BCUT2D eigenvalue weighted by molar-refractivity contribution is 7.81. The minimum absolute atomic E-state index is 0.178. The van der Waals surface area contributed by atoms with Crippen molar-refractivity contribution in [2.75, 3.05) is 6.61 Å². The Labute approximate surface area is 195 Å². The van der Waals surface area contributed by atoms with E-state index in [0.717, 1.165) is 0 Å². The van der Waals surface area contributed by atoms with Crippen molar-refractivity contribution in [3.63, 3.8) is 0 Å². The van der Waals surface area contributed by atoms with Crippen molar-refractivity contribution in [3.05, 3.63) is 0 Å². The first kappa shape index (κ1) is 29.2. The highest BCUT2D eigenvalue weighted by Gasteiger charge is 2.51. The standard InChI is InChI=1S/C14H24O17S3/c1-3-7-4-8(29-32(17,18)19)11(31-34(23,24)25)14(27-7)28-10-6(2)9(30-33(20,21)22)5-26-12(10)13(15)16/h6-12,14H,3-5H2,1-2H3,(H,15,16)(H,17,18,19)(H,20,21,22)(H,23,24,25)/t6?,7?,8?,9?,10-,11?,12?,14+/m1/s1. The Bertz CT molecular complexity index is 1040. The lowest BCUT2D eigenvalue weighted by Crippen LogP contribution is -2.59. The highest BCUT2D eigenvalue weighted by atomic mass is 32.3. The Morgan fingerprint density at radius 3 is 1.91 bits per heavy atom. The molecule has 20 heteroatoms. The number of hydrogen-bond donors (Lipinski definition) is 4. The molecule has 8 atom stereocenters. The largest absolute Gasteiger partial charge is 0.479 e. The van der Waals surface area contributed by atoms with Gasteiger partial charge >= 0.3 is 37.2 Å². The molecule has 6 unspecified atom stereocenters. The summed E-state index contributed by atoms with van der Waals surface area (Å²) >= 11 is 0. The Morgan fingerprint density at radius 2 is 1.44 bits per heavy atom. The van der Waals surface area contributed by atoms with Crippen LogP contribution in [-0.4, -0.2) is 99.5 Å². The van der Waals surface area contributed by atoms with Crippen molar-refractivity contribution in [2.45, 2.75) is 69.6 Å². The Hall–Kier alpha value is -1.04. The van der Waals surface area contributed by atoms with Crippen molar-refractivity contribution >= 4 is 37.2 Å². The van der Waals surface area contributed by atoms with Crippen LogP contribution in [0.25, 0.3) is 0 Å². The number of aliphatic carboxylic acids is 1. The van der Waals surface area contributed by atoms with E-state index in [1.807, 2.05) is 0 Å². The molecule has 2 aliphatic rings. The zero-order valence-electron chi connectivity index (χ0n) is 17.6. The van der Waals surface area contributed by atoms with Crippen molar-refractivity contribution in [1.29, 1.82) is 0 Å². The van der Waals surface area contributed by atoms with Gasteiger partial charge in [-0.2, -0.15) is 25.3 Å². The fourth-order valence-electron chi connectivity index (χ4n) is 3.53. The molecule has 2 saturated heterocycles. The van der Waals surface area contributed by atoms with E-state index in [0.29, 0.717) is 0 Å². The molecule has 200 valence electrons. The molecule has 2 heterocycles. The normalized spacial score (nSPS) is 35.7. The summed E-state index contributed by atoms with van der Waals surface area (Å²) in [4.78, 5) is 11.7. The summed E-state index contributed by atoms with van der Waals surface area (Å²) in [7, 11) is -15.4. The first-order valence-electron chi connectivity index (χ1n) is 9.52. The second-order valence-electron chi connectivity index (χ2n) is 7.44. The van der Waals surface area contributed by atoms with Crippen LogP contribution >= 0.6 is 0 Å². The lowest BCUT2D eigenvalue weighted by Gasteiger charge is -2.44. The number of ether oxygens (including phenoxy) is 3. The smallest absolute Gasteiger partial charge is 0.397 e. The van der Waals surface area contributed by atoms with E-state index in [9.17, 15) is 35.2 Å². The molecule has 0 aromatic carbocycles. The van der Waals surface area contributed by atoms with Crippen LogP contribution in [0.15, 0.2) is 0 Å². The summed E-state index contributed by atoms with van der Waals surface area (Å²) in [5.74, 6) is -2.74. The second-order valence-corrected chi connectivity index (χ2v) is 10.6. The predicted molar refractivity (Wildman–Crippen MR) is 104 cm³/mol. The first-order chi connectivity index (χ1) is 15.4. The van der Waals surface area contributed by atoms with Crippen LogP contribution < -0.4 is 0 Å². The SMILES string of the molecule is CCC1CC(OS(=O)(=O)O)C(OS(=O)(=O)O)[C@H](O[C@H]2C(C(=O)O)OCC(OS(=O)(=O)O)C2C)O1. The molecule has 0 aromatic heterocycles. The fourth-order valence-corrected chi connectivity index (χ4v) is 5.07. The van der Waals surface area contributed by atoms with Gasteiger partial charge in [-0.3, -0.25) is 13.7 Å². The predicted octanol–water partition coefficient (Wildman–Crippen LogP) is -1.42. The van der Waals surface area contributed by atoms with E-state index in [1.165, 1.54) is 6.92 Å². The van der Waals surface area contributed by atoms with E-state index in [2.05, 4.69) is 12.5 Å². The van der Waals surface area contributed by atoms with Crippen molar-refractivity contribution in [2.24, 2.45) is 5.92 Å². The molecule has 34 heavy (non-hydrogen) atoms. The van der Waals surface area contributed by atoms with Gasteiger partial charge in [-0.1, -0.05) is 13.8 Å². The lowest BCUT2D eigenvalue weighted by molar-refractivity contribution is -0.299. The highest BCUT2D eigenvalue weighted by Crippen LogP contribution is 2.34. The number of carboxylic acids is 1. The van der Waals surface area contributed by atoms with E-state index in [1.54, 1.807) is 6.92 Å². The summed E-state index contributed by atoms with van der Waals surface area (Å²) in [6.07, 6.45) is -11.7. The topological polar surface area (TPSA) is 256 Å². The Balaban J connectivity index is 2.43. The van der Waals surface area contributed by atoms with E-state index >= 15 is 0 Å². The molecule has 0 aromatic rings. The van der Waals surface area contributed by atoms with Crippen LogP contribution in [0, 0.1) is 5.92 Å². The third-order valence-corrected chi connectivity index (χ3v) is 6.46. The summed E-state index contributed by atoms with van der Waals surface area (Å²) in [6, 6.07) is 0. The maximum Gasteiger partial charge on any atom is 0.397 e. The molecule has 0 aliphatic carbocycles. The number of hydrogen-bond acceptors (Lipinski definition) is 13. The van der Waals surface area contributed by atoms with Crippen LogP contribution in [-0.2, 0) is 62.8 Å². The summed E-state index contributed by atoms with van der Waals surface area (Å²) < 4.78 is 124. The molecule has 2 rings (SSSR count). The van der Waals surface area contributed by atoms with Crippen molar-refractivity contribution in [3.8, 4) is 0 Å². The molecular weight excluding hydrogens is 536 g/mol. The number of rotatable bonds is 10. The van der Waals surface area contributed by atoms with Crippen molar-refractivity contribution in [1.82, 2.24) is 0 Å². The average molecular weight is 561 g/mol. The maximum absolute atomic E-state index is 11.7. The molecular formula is C14H24O17S3. The number of carbonyl (C=O) groups is 1. The van der Waals surface area contributed by atoms with E-state index < -0.39 is 92.6 Å². The van der Waals surface area contributed by atoms with Gasteiger partial charge in [0.25, 0.3) is 0 Å². The fraction of sp³-hybridized carbons (Fsp3) is 0.929. The molecule has 2 aliphatic heterocycles. The molecule has 4 N–H and O–H groups in total. The van der Waals surface area contributed by atoms with Gasteiger partial charge in [-0.05, 0) is 6.42 Å². The van der Waals surface area contributed by atoms with Crippen LogP contribution in [0.3, 0.4) is 0 Å². The average Bonchev–Trinajstić information content (AvgIpc) is 2.63. The van der Waals surface area contributed by atoms with Crippen molar-refractivity contribution < 1.29 is 75.6 Å². The Morgan fingerprint density at radius 1 is 0.912 bits per heavy atom. The van der Waals surface area contributed by atoms with Gasteiger partial charge in [0.05, 0.1) is 12.7 Å². The summed E-state index contributed by atoms with van der Waals surface area (Å²) in [5, 5.41) is 9.47. The van der Waals surface area contributed by atoms with Gasteiger partial charge in [0.2, 0.25) is 0 Å². The minimum Gasteiger partial charge on any atom is -0.479 e. The van der Waals surface area contributed by atoms with Gasteiger partial charge in [-0.15, -0.1) is 0 Å². The zero-order chi connectivity index (χ0) is 26.1. The summed E-state index contributed by atoms with van der Waals surface area (Å²) in [6.45, 7) is 2.25. The van der Waals surface area contributed by atoms with Gasteiger partial charge in [-0.25, -0.2) is 17.3 Å². The third-order valence-electron chi connectivity index (χ3n) is 5.01. The molecule has 0 saturated carbocycles. The van der Waals surface area contributed by atoms with Gasteiger partial charge in [0, 0.05) is 12.3 Å². The monoisotopic (exact) mass is 560 g/mol. The van der Waals surface area contributed by atoms with Crippen LogP contribution in [0.4, 0.5) is 0 Å². The van der Waals surface area contributed by atoms with Gasteiger partial charge < -0.3 is 19.3 Å². The minimum atomic E-state index is -5.29. The lowest BCUT2D eigenvalue weighted by atomic mass is 9.91. The summed E-state index contributed by atoms with van der Waals surface area (Å²) in [5.41, 5.74) is 0. The maximum atomic E-state index is 11.7. The molecule has 0 bridgehead atoms. The number of carboxylic acid groups (broad SMARTS) is 1. The molecule has 2 fully saturated rings. The van der Waals surface area contributed by atoms with Crippen LogP contribution in [0.5, 0.6) is 0 Å². The first-order valence-corrected chi connectivity index (χ1v) is 13.6. The van der Waals surface area contributed by atoms with Crippen LogP contribution in [0.1, 0.15) is 26.7 Å². The quantitative estimate of drug-likeness (QED) is 0.223. The molecule has 0 radical (unpaired) electrons. The third kappa shape index (κ3) is 8.57. The van der Waals surface area contributed by atoms with E-state index in [-0.39, 0.29) is 12.8 Å². The second kappa shape index (κ2) is 10.9. The Kier molecular flexibility index (Phi) is 9.38. The molecule has 17 nitrogen and oxygen atoms in total. The van der Waals surface area contributed by atoms with Gasteiger partial charge in [0.15, 0.2) is 18.5 Å². The zero-order valence-corrected chi connectivity index (χ0v) is 20.0. The molecule has 0 spiro atoms. The molecule has 0 amide bonds. The van der Waals surface area contributed by atoms with E-state index in [4.69, 9.17) is 27.9 Å².